The lowest BCUT2D eigenvalue weighted by Crippen LogP contribution is -2.15. The average molecular weight is 386 g/mol. The van der Waals surface area contributed by atoms with Crippen LogP contribution in [0.1, 0.15) is 19.8 Å². The number of amides is 1. The van der Waals surface area contributed by atoms with Gasteiger partial charge in [0, 0.05) is 30.6 Å². The Morgan fingerprint density at radius 3 is 2.63 bits per heavy atom. The van der Waals surface area contributed by atoms with Gasteiger partial charge in [-0.05, 0) is 36.8 Å². The van der Waals surface area contributed by atoms with Crippen LogP contribution in [0.3, 0.4) is 0 Å². The lowest BCUT2D eigenvalue weighted by Gasteiger charge is -2.09. The fraction of sp³-hybridized carbons (Fsp3) is 0.176. The molecule has 2 aromatic heterocycles. The molecule has 140 valence electrons. The molecule has 3 rings (SSSR count). The van der Waals surface area contributed by atoms with Gasteiger partial charge in [-0.1, -0.05) is 6.92 Å². The first-order valence-electron chi connectivity index (χ1n) is 8.23. The lowest BCUT2D eigenvalue weighted by atomic mass is 10.3. The van der Waals surface area contributed by atoms with Crippen molar-refractivity contribution in [3.8, 4) is 5.82 Å². The molecule has 0 atom stereocenters. The van der Waals surface area contributed by atoms with E-state index in [-0.39, 0.29) is 16.6 Å². The van der Waals surface area contributed by atoms with Crippen LogP contribution < -0.4 is 10.0 Å². The number of carbonyl (C=O) groups excluding carboxylic acids is 1. The van der Waals surface area contributed by atoms with Crippen molar-refractivity contribution in [2.24, 2.45) is 0 Å². The highest BCUT2D eigenvalue weighted by Crippen LogP contribution is 2.18. The van der Waals surface area contributed by atoms with Gasteiger partial charge in [-0.15, -0.1) is 0 Å². The largest absolute Gasteiger partial charge is 0.326 e. The third kappa shape index (κ3) is 4.67. The third-order valence-electron chi connectivity index (χ3n) is 3.56. The Balaban J connectivity index is 1.75. The second-order valence-electron chi connectivity index (χ2n) is 5.64. The van der Waals surface area contributed by atoms with Crippen LogP contribution >= 0.6 is 0 Å². The molecule has 0 saturated heterocycles. The Hall–Kier alpha value is -3.27. The molecule has 2 heterocycles. The van der Waals surface area contributed by atoms with Gasteiger partial charge < -0.3 is 5.32 Å². The Morgan fingerprint density at radius 2 is 1.96 bits per heavy atom. The van der Waals surface area contributed by atoms with Crippen LogP contribution in [0.15, 0.2) is 60.0 Å². The molecular weight excluding hydrogens is 368 g/mol. The summed E-state index contributed by atoms with van der Waals surface area (Å²) in [5.74, 6) is 0.441. The summed E-state index contributed by atoms with van der Waals surface area (Å²) in [6.45, 7) is 1.91. The van der Waals surface area contributed by atoms with Crippen molar-refractivity contribution >= 4 is 27.4 Å². The van der Waals surface area contributed by atoms with Crippen LogP contribution in [0.5, 0.6) is 0 Å². The van der Waals surface area contributed by atoms with Crippen molar-refractivity contribution in [2.45, 2.75) is 24.7 Å². The number of rotatable bonds is 7. The van der Waals surface area contributed by atoms with Gasteiger partial charge in [0.2, 0.25) is 5.91 Å². The van der Waals surface area contributed by atoms with Gasteiger partial charge in [0.25, 0.3) is 10.0 Å². The first-order valence-corrected chi connectivity index (χ1v) is 9.71. The lowest BCUT2D eigenvalue weighted by molar-refractivity contribution is -0.116. The van der Waals surface area contributed by atoms with Gasteiger partial charge in [0.15, 0.2) is 5.82 Å². The monoisotopic (exact) mass is 386 g/mol. The van der Waals surface area contributed by atoms with Crippen molar-refractivity contribution in [1.82, 2.24) is 19.7 Å². The molecule has 0 saturated carbocycles. The topological polar surface area (TPSA) is 119 Å². The van der Waals surface area contributed by atoms with Crippen LogP contribution in [0.25, 0.3) is 5.82 Å². The summed E-state index contributed by atoms with van der Waals surface area (Å²) in [6, 6.07) is 9.12. The number of hydrogen-bond acceptors (Lipinski definition) is 6. The number of nitrogens with one attached hydrogen (secondary N) is 2. The van der Waals surface area contributed by atoms with Crippen molar-refractivity contribution < 1.29 is 13.2 Å². The minimum absolute atomic E-state index is 0.0511. The van der Waals surface area contributed by atoms with Crippen molar-refractivity contribution in [3.05, 3.63) is 55.1 Å². The van der Waals surface area contributed by atoms with E-state index in [0.29, 0.717) is 17.9 Å². The Morgan fingerprint density at radius 1 is 1.19 bits per heavy atom. The first kappa shape index (κ1) is 18.5. The molecule has 0 radical (unpaired) electrons. The molecule has 2 N–H and O–H groups in total. The van der Waals surface area contributed by atoms with Crippen LogP contribution in [0.4, 0.5) is 11.5 Å². The normalized spacial score (nSPS) is 11.1. The summed E-state index contributed by atoms with van der Waals surface area (Å²) >= 11 is 0. The minimum Gasteiger partial charge on any atom is -0.326 e. The maximum Gasteiger partial charge on any atom is 0.263 e. The number of sulfonamides is 1. The Kier molecular flexibility index (Phi) is 5.46. The smallest absolute Gasteiger partial charge is 0.263 e. The molecule has 27 heavy (non-hydrogen) atoms. The van der Waals surface area contributed by atoms with Crippen molar-refractivity contribution in [3.63, 3.8) is 0 Å². The van der Waals surface area contributed by atoms with E-state index in [2.05, 4.69) is 25.1 Å². The molecule has 3 aromatic rings. The minimum atomic E-state index is -3.84. The highest BCUT2D eigenvalue weighted by molar-refractivity contribution is 7.92. The maximum absolute atomic E-state index is 12.6. The molecular formula is C17H18N6O3S. The standard InChI is InChI=1S/C17H18N6O3S/c1-2-4-17(24)21-13-5-7-14(8-6-13)27(25,26)22-15-11-16(19-12-18-15)23-10-3-9-20-23/h3,5-12H,2,4H2,1H3,(H,21,24)(H,18,19,22). The predicted molar refractivity (Wildman–Crippen MR) is 99.9 cm³/mol. The number of hydrogen-bond donors (Lipinski definition) is 2. The van der Waals surface area contributed by atoms with Crippen molar-refractivity contribution in [1.29, 1.82) is 0 Å². The molecule has 0 aliphatic rings. The molecule has 0 fully saturated rings. The summed E-state index contributed by atoms with van der Waals surface area (Å²) in [4.78, 5) is 19.6. The first-order chi connectivity index (χ1) is 13.0. The van der Waals surface area contributed by atoms with Crippen LogP contribution in [-0.4, -0.2) is 34.1 Å². The zero-order valence-corrected chi connectivity index (χ0v) is 15.3. The maximum atomic E-state index is 12.6. The molecule has 1 aromatic carbocycles. The number of anilines is 2. The quantitative estimate of drug-likeness (QED) is 0.642. The number of nitrogens with zero attached hydrogens (tertiary/aromatic N) is 4. The second-order valence-corrected chi connectivity index (χ2v) is 7.32. The van der Waals surface area contributed by atoms with E-state index in [1.54, 1.807) is 18.5 Å². The zero-order valence-electron chi connectivity index (χ0n) is 14.5. The van der Waals surface area contributed by atoms with E-state index in [9.17, 15) is 13.2 Å². The summed E-state index contributed by atoms with van der Waals surface area (Å²) in [5, 5.41) is 6.75. The molecule has 0 bridgehead atoms. The summed E-state index contributed by atoms with van der Waals surface area (Å²) in [6.07, 6.45) is 5.68. The number of benzene rings is 1. The average Bonchev–Trinajstić information content (AvgIpc) is 3.17. The highest BCUT2D eigenvalue weighted by atomic mass is 32.2. The number of aromatic nitrogens is 4. The molecule has 0 aliphatic heterocycles. The molecule has 10 heteroatoms. The van der Waals surface area contributed by atoms with E-state index >= 15 is 0 Å². The fourth-order valence-electron chi connectivity index (χ4n) is 2.30. The molecule has 9 nitrogen and oxygen atoms in total. The predicted octanol–water partition coefficient (Wildman–Crippen LogP) is 2.20. The van der Waals surface area contributed by atoms with Gasteiger partial charge in [0.1, 0.15) is 12.1 Å². The SMILES string of the molecule is CCCC(=O)Nc1ccc(S(=O)(=O)Nc2cc(-n3cccn3)ncn2)cc1. The van der Waals surface area contributed by atoms with Crippen LogP contribution in [0, 0.1) is 0 Å². The molecule has 0 aliphatic carbocycles. The van der Waals surface area contributed by atoms with E-state index < -0.39 is 10.0 Å². The molecule has 1 amide bonds. The van der Waals surface area contributed by atoms with E-state index in [1.165, 1.54) is 41.3 Å². The number of carbonyl (C=O) groups is 1. The van der Waals surface area contributed by atoms with Gasteiger partial charge in [-0.3, -0.25) is 9.52 Å². The van der Waals surface area contributed by atoms with E-state index in [0.717, 1.165) is 6.42 Å². The molecule has 0 spiro atoms. The molecule has 0 unspecified atom stereocenters. The summed E-state index contributed by atoms with van der Waals surface area (Å²) in [7, 11) is -3.84. The Labute approximate surface area is 156 Å². The van der Waals surface area contributed by atoms with Gasteiger partial charge >= 0.3 is 0 Å². The fourth-order valence-corrected chi connectivity index (χ4v) is 3.30. The summed E-state index contributed by atoms with van der Waals surface area (Å²) < 4.78 is 29.0. The van der Waals surface area contributed by atoms with Gasteiger partial charge in [-0.25, -0.2) is 23.1 Å². The zero-order chi connectivity index (χ0) is 19.3. The van der Waals surface area contributed by atoms with E-state index in [4.69, 9.17) is 0 Å². The van der Waals surface area contributed by atoms with Gasteiger partial charge in [-0.2, -0.15) is 5.10 Å². The second kappa shape index (κ2) is 7.96. The summed E-state index contributed by atoms with van der Waals surface area (Å²) in [5.41, 5.74) is 0.537. The van der Waals surface area contributed by atoms with Crippen LogP contribution in [0.2, 0.25) is 0 Å². The van der Waals surface area contributed by atoms with E-state index in [1.807, 2.05) is 6.92 Å². The van der Waals surface area contributed by atoms with Crippen molar-refractivity contribution in [2.75, 3.05) is 10.0 Å². The third-order valence-corrected chi connectivity index (χ3v) is 4.93. The van der Waals surface area contributed by atoms with Crippen LogP contribution in [-0.2, 0) is 14.8 Å². The van der Waals surface area contributed by atoms with Gasteiger partial charge in [0.05, 0.1) is 4.90 Å². The highest BCUT2D eigenvalue weighted by Gasteiger charge is 2.16. The Bertz CT molecular complexity index is 1020.